The lowest BCUT2D eigenvalue weighted by atomic mass is 9.99. The van der Waals surface area contributed by atoms with Crippen molar-refractivity contribution >= 4 is 17.3 Å². The Hall–Kier alpha value is -1.67. The Balaban J connectivity index is 2.15. The quantitative estimate of drug-likeness (QED) is 0.700. The lowest BCUT2D eigenvalue weighted by Gasteiger charge is -2.06. The smallest absolute Gasteiger partial charge is 0.136 e. The molecule has 0 unspecified atom stereocenters. The molecule has 2 aromatic rings. The third-order valence-electron chi connectivity index (χ3n) is 3.06. The number of hydrogen-bond donors (Lipinski definition) is 0. The molecule has 2 nitrogen and oxygen atoms in total. The minimum absolute atomic E-state index is 0.542. The highest BCUT2D eigenvalue weighted by atomic mass is 35.5. The van der Waals surface area contributed by atoms with Crippen LogP contribution in [0.25, 0.3) is 11.1 Å². The van der Waals surface area contributed by atoms with Gasteiger partial charge in [0, 0.05) is 23.0 Å². The molecule has 0 aliphatic carbocycles. The van der Waals surface area contributed by atoms with Crippen LogP contribution in [0.2, 0.25) is 5.15 Å². The number of hydrogen-bond acceptors (Lipinski definition) is 2. The first-order valence-electron chi connectivity index (χ1n) is 5.51. The summed E-state index contributed by atoms with van der Waals surface area (Å²) in [6, 6.07) is 10.2. The lowest BCUT2D eigenvalue weighted by molar-refractivity contribution is 1.11. The molecule has 1 aromatic heterocycles. The molecule has 17 heavy (non-hydrogen) atoms. The number of pyridine rings is 1. The molecule has 0 saturated heterocycles. The Kier molecular flexibility index (Phi) is 2.45. The Morgan fingerprint density at radius 1 is 1.18 bits per heavy atom. The average Bonchev–Trinajstić information content (AvgIpc) is 2.71. The molecule has 1 aliphatic heterocycles. The van der Waals surface area contributed by atoms with Crippen molar-refractivity contribution in [2.24, 2.45) is 4.99 Å². The molecule has 0 amide bonds. The van der Waals surface area contributed by atoms with E-state index in [1.165, 1.54) is 11.1 Å². The molecule has 2 heterocycles. The van der Waals surface area contributed by atoms with Crippen LogP contribution in [-0.2, 0) is 6.54 Å². The van der Waals surface area contributed by atoms with Crippen LogP contribution in [0, 0.1) is 0 Å². The zero-order chi connectivity index (χ0) is 11.8. The highest BCUT2D eigenvalue weighted by Crippen LogP contribution is 2.29. The largest absolute Gasteiger partial charge is 0.285 e. The van der Waals surface area contributed by atoms with Gasteiger partial charge in [-0.15, -0.1) is 0 Å². The first-order chi connectivity index (χ1) is 8.25. The van der Waals surface area contributed by atoms with E-state index < -0.39 is 0 Å². The van der Waals surface area contributed by atoms with Crippen LogP contribution in [0.15, 0.2) is 41.5 Å². The van der Waals surface area contributed by atoms with Gasteiger partial charge in [0.2, 0.25) is 0 Å². The molecule has 0 saturated carbocycles. The topological polar surface area (TPSA) is 25.2 Å². The molecule has 0 bridgehead atoms. The number of fused-ring (bicyclic) bond motifs is 1. The van der Waals surface area contributed by atoms with E-state index >= 15 is 0 Å². The van der Waals surface area contributed by atoms with Gasteiger partial charge in [-0.25, -0.2) is 4.98 Å². The van der Waals surface area contributed by atoms with E-state index in [0.29, 0.717) is 5.15 Å². The van der Waals surface area contributed by atoms with Gasteiger partial charge in [-0.05, 0) is 36.2 Å². The summed E-state index contributed by atoms with van der Waals surface area (Å²) in [4.78, 5) is 8.53. The highest BCUT2D eigenvalue weighted by Gasteiger charge is 2.13. The van der Waals surface area contributed by atoms with Crippen LogP contribution in [-0.4, -0.2) is 10.7 Å². The predicted octanol–water partition coefficient (Wildman–Crippen LogP) is 3.72. The van der Waals surface area contributed by atoms with Crippen molar-refractivity contribution in [1.29, 1.82) is 0 Å². The van der Waals surface area contributed by atoms with Crippen LogP contribution in [0.4, 0.5) is 0 Å². The molecule has 0 fully saturated rings. The van der Waals surface area contributed by atoms with Crippen LogP contribution >= 0.6 is 11.6 Å². The second-order valence-corrected chi connectivity index (χ2v) is 4.47. The van der Waals surface area contributed by atoms with Crippen molar-refractivity contribution in [2.45, 2.75) is 13.5 Å². The monoisotopic (exact) mass is 242 g/mol. The molecule has 0 spiro atoms. The van der Waals surface area contributed by atoms with E-state index in [9.17, 15) is 0 Å². The van der Waals surface area contributed by atoms with Gasteiger partial charge in [-0.1, -0.05) is 23.7 Å². The first kappa shape index (κ1) is 10.5. The molecular formula is C14H11ClN2. The summed E-state index contributed by atoms with van der Waals surface area (Å²) in [7, 11) is 0. The molecule has 0 atom stereocenters. The maximum Gasteiger partial charge on any atom is 0.136 e. The van der Waals surface area contributed by atoms with Crippen LogP contribution < -0.4 is 0 Å². The standard InChI is InChI=1S/C14H11ClN2/c1-9-13-7-10(4-5-11(13)8-17-9)12-3-2-6-16-14(12)15/h2-7H,8H2,1H3. The van der Waals surface area contributed by atoms with Crippen molar-refractivity contribution in [2.75, 3.05) is 0 Å². The zero-order valence-electron chi connectivity index (χ0n) is 9.44. The second-order valence-electron chi connectivity index (χ2n) is 4.12. The summed E-state index contributed by atoms with van der Waals surface area (Å²) in [6.45, 7) is 2.84. The van der Waals surface area contributed by atoms with Crippen molar-refractivity contribution < 1.29 is 0 Å². The molecule has 0 radical (unpaired) electrons. The summed E-state index contributed by atoms with van der Waals surface area (Å²) in [5, 5.41) is 0.542. The normalized spacial score (nSPS) is 13.4. The Morgan fingerprint density at radius 3 is 2.88 bits per heavy atom. The van der Waals surface area contributed by atoms with Crippen LogP contribution in [0.3, 0.4) is 0 Å². The summed E-state index contributed by atoms with van der Waals surface area (Å²) in [5.74, 6) is 0. The van der Waals surface area contributed by atoms with Crippen molar-refractivity contribution in [3.8, 4) is 11.1 Å². The summed E-state index contributed by atoms with van der Waals surface area (Å²) < 4.78 is 0. The number of aliphatic imine (C=N–C) groups is 1. The maximum absolute atomic E-state index is 6.10. The lowest BCUT2D eigenvalue weighted by Crippen LogP contribution is -1.93. The maximum atomic E-state index is 6.10. The Bertz CT molecular complexity index is 617. The van der Waals surface area contributed by atoms with Gasteiger partial charge < -0.3 is 0 Å². The third-order valence-corrected chi connectivity index (χ3v) is 3.36. The molecule has 84 valence electrons. The molecule has 1 aromatic carbocycles. The van der Waals surface area contributed by atoms with E-state index in [1.807, 2.05) is 19.1 Å². The van der Waals surface area contributed by atoms with E-state index in [2.05, 4.69) is 28.2 Å². The predicted molar refractivity (Wildman–Crippen MR) is 70.6 cm³/mol. The number of benzene rings is 1. The zero-order valence-corrected chi connectivity index (χ0v) is 10.2. The Morgan fingerprint density at radius 2 is 2.06 bits per heavy atom. The average molecular weight is 243 g/mol. The second kappa shape index (κ2) is 3.97. The van der Waals surface area contributed by atoms with E-state index in [4.69, 9.17) is 11.6 Å². The number of rotatable bonds is 1. The fraction of sp³-hybridized carbons (Fsp3) is 0.143. The van der Waals surface area contributed by atoms with E-state index in [0.717, 1.165) is 23.4 Å². The van der Waals surface area contributed by atoms with Crippen molar-refractivity contribution in [3.63, 3.8) is 0 Å². The fourth-order valence-electron chi connectivity index (χ4n) is 2.11. The van der Waals surface area contributed by atoms with Gasteiger partial charge in [-0.3, -0.25) is 4.99 Å². The minimum Gasteiger partial charge on any atom is -0.285 e. The summed E-state index contributed by atoms with van der Waals surface area (Å²) >= 11 is 6.10. The van der Waals surface area contributed by atoms with E-state index in [1.54, 1.807) is 6.20 Å². The van der Waals surface area contributed by atoms with Gasteiger partial charge in [0.25, 0.3) is 0 Å². The number of aromatic nitrogens is 1. The minimum atomic E-state index is 0.542. The van der Waals surface area contributed by atoms with Crippen LogP contribution in [0.1, 0.15) is 18.1 Å². The number of halogens is 1. The SMILES string of the molecule is CC1=NCc2ccc(-c3cccnc3Cl)cc21. The van der Waals surface area contributed by atoms with E-state index in [-0.39, 0.29) is 0 Å². The van der Waals surface area contributed by atoms with Crippen LogP contribution in [0.5, 0.6) is 0 Å². The summed E-state index contributed by atoms with van der Waals surface area (Å²) in [6.07, 6.45) is 1.70. The van der Waals surface area contributed by atoms with Gasteiger partial charge in [-0.2, -0.15) is 0 Å². The summed E-state index contributed by atoms with van der Waals surface area (Å²) in [5.41, 5.74) is 5.67. The van der Waals surface area contributed by atoms with Crippen molar-refractivity contribution in [1.82, 2.24) is 4.98 Å². The molecular weight excluding hydrogens is 232 g/mol. The van der Waals surface area contributed by atoms with Gasteiger partial charge >= 0.3 is 0 Å². The Labute approximate surface area is 105 Å². The molecule has 3 heteroatoms. The molecule has 3 rings (SSSR count). The molecule has 0 N–H and O–H groups in total. The number of nitrogens with zero attached hydrogens (tertiary/aromatic N) is 2. The van der Waals surface area contributed by atoms with Gasteiger partial charge in [0.05, 0.1) is 6.54 Å². The molecule has 1 aliphatic rings. The highest BCUT2D eigenvalue weighted by molar-refractivity contribution is 6.32. The van der Waals surface area contributed by atoms with Crippen molar-refractivity contribution in [3.05, 3.63) is 52.8 Å². The fourth-order valence-corrected chi connectivity index (χ4v) is 2.34. The first-order valence-corrected chi connectivity index (χ1v) is 5.89. The van der Waals surface area contributed by atoms with Gasteiger partial charge in [0.15, 0.2) is 0 Å². The third kappa shape index (κ3) is 1.75. The van der Waals surface area contributed by atoms with Gasteiger partial charge in [0.1, 0.15) is 5.15 Å².